The SMILES string of the molecule is OCC1OCC(Oc2nc3cc(-c4ccc(-c5ccc(-n6cncn6)cc5)cc4)c(Cl)cc3[nH]2)C1O. The van der Waals surface area contributed by atoms with Crippen LogP contribution < -0.4 is 4.74 Å². The predicted molar refractivity (Wildman–Crippen MR) is 134 cm³/mol. The first-order chi connectivity index (χ1) is 17.6. The molecule has 1 saturated heterocycles. The number of halogens is 1. The van der Waals surface area contributed by atoms with E-state index in [1.807, 2.05) is 42.5 Å². The van der Waals surface area contributed by atoms with Gasteiger partial charge in [0, 0.05) is 5.56 Å². The smallest absolute Gasteiger partial charge is 0.295 e. The minimum atomic E-state index is -0.931. The Kier molecular flexibility index (Phi) is 5.90. The summed E-state index contributed by atoms with van der Waals surface area (Å²) in [7, 11) is 0. The van der Waals surface area contributed by atoms with Crippen LogP contribution in [-0.2, 0) is 4.74 Å². The van der Waals surface area contributed by atoms with Gasteiger partial charge in [0.1, 0.15) is 24.9 Å². The molecule has 3 aromatic carbocycles. The van der Waals surface area contributed by atoms with E-state index in [-0.39, 0.29) is 19.2 Å². The zero-order valence-electron chi connectivity index (χ0n) is 19.0. The van der Waals surface area contributed by atoms with Crippen LogP contribution in [0.15, 0.2) is 73.3 Å². The lowest BCUT2D eigenvalue weighted by Crippen LogP contribution is -2.36. The fraction of sp³-hybridized carbons (Fsp3) is 0.192. The number of rotatable bonds is 6. The molecule has 1 aliphatic heterocycles. The van der Waals surface area contributed by atoms with Gasteiger partial charge in [-0.2, -0.15) is 10.1 Å². The number of aromatic nitrogens is 5. The van der Waals surface area contributed by atoms with E-state index in [0.717, 1.165) is 33.5 Å². The third-order valence-electron chi connectivity index (χ3n) is 6.31. The zero-order valence-corrected chi connectivity index (χ0v) is 19.7. The maximum atomic E-state index is 10.2. The van der Waals surface area contributed by atoms with E-state index >= 15 is 0 Å². The van der Waals surface area contributed by atoms with Crippen molar-refractivity contribution in [2.24, 2.45) is 0 Å². The minimum Gasteiger partial charge on any atom is -0.456 e. The van der Waals surface area contributed by atoms with Crippen LogP contribution in [0.25, 0.3) is 39.0 Å². The summed E-state index contributed by atoms with van der Waals surface area (Å²) in [6.07, 6.45) is 0.969. The molecule has 2 aromatic heterocycles. The van der Waals surface area contributed by atoms with Gasteiger partial charge in [0.2, 0.25) is 0 Å². The standard InChI is InChI=1S/C26H22ClN5O4/c27-20-10-22-21(30-26(31-22)36-24-12-35-23(11-33)25(24)34)9-19(20)17-3-1-15(2-4-17)16-5-7-18(8-6-16)32-14-28-13-29-32/h1-10,13-14,23-25,33-34H,11-12H2,(H,30,31). The Hall–Kier alpha value is -3.76. The Morgan fingerprint density at radius 1 is 1.06 bits per heavy atom. The van der Waals surface area contributed by atoms with E-state index in [1.165, 1.54) is 6.33 Å². The Morgan fingerprint density at radius 2 is 1.78 bits per heavy atom. The van der Waals surface area contributed by atoms with Crippen LogP contribution in [0.1, 0.15) is 0 Å². The first-order valence-electron chi connectivity index (χ1n) is 11.4. The number of ether oxygens (including phenoxy) is 2. The van der Waals surface area contributed by atoms with Gasteiger partial charge in [-0.1, -0.05) is 48.0 Å². The van der Waals surface area contributed by atoms with Crippen LogP contribution in [0.2, 0.25) is 5.02 Å². The lowest BCUT2D eigenvalue weighted by Gasteiger charge is -2.15. The fourth-order valence-corrected chi connectivity index (χ4v) is 4.61. The van der Waals surface area contributed by atoms with Gasteiger partial charge >= 0.3 is 0 Å². The zero-order chi connectivity index (χ0) is 24.6. The maximum Gasteiger partial charge on any atom is 0.295 e. The molecule has 3 unspecified atom stereocenters. The molecule has 182 valence electrons. The summed E-state index contributed by atoms with van der Waals surface area (Å²) in [5.41, 5.74) is 6.32. The summed E-state index contributed by atoms with van der Waals surface area (Å²) in [6.45, 7) is -0.0990. The van der Waals surface area contributed by atoms with E-state index in [1.54, 1.807) is 17.1 Å². The molecule has 0 aliphatic carbocycles. The topological polar surface area (TPSA) is 118 Å². The normalized spacial score (nSPS) is 19.7. The second-order valence-electron chi connectivity index (χ2n) is 8.56. The van der Waals surface area contributed by atoms with E-state index in [9.17, 15) is 10.2 Å². The van der Waals surface area contributed by atoms with Crippen molar-refractivity contribution in [2.75, 3.05) is 13.2 Å². The monoisotopic (exact) mass is 503 g/mol. The number of nitrogens with zero attached hydrogens (tertiary/aromatic N) is 4. The van der Waals surface area contributed by atoms with E-state index in [4.69, 9.17) is 21.1 Å². The van der Waals surface area contributed by atoms with Crippen molar-refractivity contribution in [3.63, 3.8) is 0 Å². The number of aliphatic hydroxyl groups excluding tert-OH is 2. The average molecular weight is 504 g/mol. The molecule has 6 rings (SSSR count). The number of hydrogen-bond donors (Lipinski definition) is 3. The second-order valence-corrected chi connectivity index (χ2v) is 8.96. The molecule has 3 heterocycles. The third-order valence-corrected chi connectivity index (χ3v) is 6.62. The molecule has 0 radical (unpaired) electrons. The number of aromatic amines is 1. The number of H-pyrrole nitrogens is 1. The highest BCUT2D eigenvalue weighted by Crippen LogP contribution is 2.34. The van der Waals surface area contributed by atoms with Gasteiger partial charge in [0.05, 0.1) is 35.0 Å². The molecule has 9 nitrogen and oxygen atoms in total. The quantitative estimate of drug-likeness (QED) is 0.324. The lowest BCUT2D eigenvalue weighted by molar-refractivity contribution is -0.00390. The van der Waals surface area contributed by atoms with E-state index < -0.39 is 18.3 Å². The van der Waals surface area contributed by atoms with E-state index in [0.29, 0.717) is 10.5 Å². The Morgan fingerprint density at radius 3 is 2.44 bits per heavy atom. The molecule has 0 saturated carbocycles. The van der Waals surface area contributed by atoms with Crippen molar-refractivity contribution >= 4 is 22.6 Å². The maximum absolute atomic E-state index is 10.2. The van der Waals surface area contributed by atoms with Gasteiger partial charge in [-0.25, -0.2) is 9.67 Å². The predicted octanol–water partition coefficient (Wildman–Crippen LogP) is 3.63. The molecular weight excluding hydrogens is 482 g/mol. The highest BCUT2D eigenvalue weighted by atomic mass is 35.5. The summed E-state index contributed by atoms with van der Waals surface area (Å²) in [6, 6.07) is 20.2. The number of aliphatic hydroxyl groups is 2. The van der Waals surface area contributed by atoms with Gasteiger partial charge in [-0.05, 0) is 41.0 Å². The molecule has 3 N–H and O–H groups in total. The highest BCUT2D eigenvalue weighted by Gasteiger charge is 2.37. The number of nitrogens with one attached hydrogen (secondary N) is 1. The Bertz CT molecular complexity index is 1490. The van der Waals surface area contributed by atoms with E-state index in [2.05, 4.69) is 32.2 Å². The van der Waals surface area contributed by atoms with Crippen molar-refractivity contribution in [2.45, 2.75) is 18.3 Å². The Labute approximate surface area is 210 Å². The summed E-state index contributed by atoms with van der Waals surface area (Å²) >= 11 is 6.61. The molecule has 5 aromatic rings. The van der Waals surface area contributed by atoms with Gasteiger partial charge in [0.15, 0.2) is 6.10 Å². The first kappa shape index (κ1) is 22.7. The summed E-state index contributed by atoms with van der Waals surface area (Å²) in [5.74, 6) is 0. The van der Waals surface area contributed by atoms with Crippen molar-refractivity contribution in [1.29, 1.82) is 0 Å². The fourth-order valence-electron chi connectivity index (χ4n) is 4.34. The third kappa shape index (κ3) is 4.22. The number of benzene rings is 3. The van der Waals surface area contributed by atoms with Crippen molar-refractivity contribution in [1.82, 2.24) is 24.7 Å². The molecule has 0 amide bonds. The molecule has 0 bridgehead atoms. The molecule has 1 aliphatic rings. The van der Waals surface area contributed by atoms with Crippen LogP contribution in [0.4, 0.5) is 0 Å². The summed E-state index contributed by atoms with van der Waals surface area (Å²) in [4.78, 5) is 11.6. The largest absolute Gasteiger partial charge is 0.456 e. The van der Waals surface area contributed by atoms with Crippen LogP contribution in [0.5, 0.6) is 6.01 Å². The van der Waals surface area contributed by atoms with Gasteiger partial charge in [-0.3, -0.25) is 0 Å². The second kappa shape index (κ2) is 9.36. The van der Waals surface area contributed by atoms with Crippen LogP contribution in [0, 0.1) is 0 Å². The molecule has 1 fully saturated rings. The van der Waals surface area contributed by atoms with Crippen LogP contribution >= 0.6 is 11.6 Å². The number of hydrogen-bond acceptors (Lipinski definition) is 7. The van der Waals surface area contributed by atoms with Gasteiger partial charge < -0.3 is 24.7 Å². The van der Waals surface area contributed by atoms with Crippen LogP contribution in [0.3, 0.4) is 0 Å². The number of imidazole rings is 1. The summed E-state index contributed by atoms with van der Waals surface area (Å²) in [5, 5.41) is 24.2. The molecule has 0 spiro atoms. The highest BCUT2D eigenvalue weighted by molar-refractivity contribution is 6.34. The van der Waals surface area contributed by atoms with Crippen molar-refractivity contribution < 1.29 is 19.7 Å². The van der Waals surface area contributed by atoms with Crippen LogP contribution in [-0.4, -0.2) is 66.5 Å². The Balaban J connectivity index is 1.22. The van der Waals surface area contributed by atoms with Crippen molar-refractivity contribution in [3.05, 3.63) is 78.3 Å². The van der Waals surface area contributed by atoms with Crippen molar-refractivity contribution in [3.8, 4) is 34.0 Å². The van der Waals surface area contributed by atoms with Gasteiger partial charge in [0.25, 0.3) is 6.01 Å². The molecule has 3 atom stereocenters. The van der Waals surface area contributed by atoms with Gasteiger partial charge in [-0.15, -0.1) is 0 Å². The molecule has 10 heteroatoms. The summed E-state index contributed by atoms with van der Waals surface area (Å²) < 4.78 is 12.8. The lowest BCUT2D eigenvalue weighted by atomic mass is 10.00. The first-order valence-corrected chi connectivity index (χ1v) is 11.8. The average Bonchev–Trinajstić information content (AvgIpc) is 3.65. The molecular formula is C26H22ClN5O4. The number of fused-ring (bicyclic) bond motifs is 1. The molecule has 36 heavy (non-hydrogen) atoms. The minimum absolute atomic E-state index is 0.172.